The van der Waals surface area contributed by atoms with Crippen molar-refractivity contribution in [3.05, 3.63) is 70.7 Å². The molecule has 2 aromatic carbocycles. The standard InChI is InChI=1S/C19H21ClNO4PS/c1-3-23-26(22,24-4-2)19(14-10-6-5-7-11-14)17(25-18(27)21-19)15-12-8-9-13-16(15)20/h5-13,17H,3-4H2,1-2H3,(H,21,27)/t17-,19-/m1/s1. The van der Waals surface area contributed by atoms with Gasteiger partial charge in [-0.2, -0.15) is 0 Å². The van der Waals surface area contributed by atoms with Crippen molar-refractivity contribution in [1.82, 2.24) is 5.32 Å². The van der Waals surface area contributed by atoms with Crippen molar-refractivity contribution in [2.75, 3.05) is 13.2 Å². The molecule has 1 aliphatic heterocycles. The molecule has 5 nitrogen and oxygen atoms in total. The lowest BCUT2D eigenvalue weighted by Crippen LogP contribution is -2.43. The van der Waals surface area contributed by atoms with Crippen molar-refractivity contribution in [2.24, 2.45) is 0 Å². The fraction of sp³-hybridized carbons (Fsp3) is 0.316. The van der Waals surface area contributed by atoms with Crippen molar-refractivity contribution in [3.63, 3.8) is 0 Å². The number of nitrogens with one attached hydrogen (secondary N) is 1. The lowest BCUT2D eigenvalue weighted by atomic mass is 9.95. The monoisotopic (exact) mass is 425 g/mol. The Morgan fingerprint density at radius 3 is 2.30 bits per heavy atom. The molecule has 0 aromatic heterocycles. The van der Waals surface area contributed by atoms with Crippen LogP contribution in [-0.4, -0.2) is 18.4 Å². The van der Waals surface area contributed by atoms with Crippen LogP contribution in [0.2, 0.25) is 5.02 Å². The van der Waals surface area contributed by atoms with Gasteiger partial charge in [0.2, 0.25) is 5.28 Å². The minimum Gasteiger partial charge on any atom is -0.459 e. The van der Waals surface area contributed by atoms with Crippen LogP contribution in [0.4, 0.5) is 0 Å². The Labute approximate surface area is 169 Å². The lowest BCUT2D eigenvalue weighted by molar-refractivity contribution is 0.136. The summed E-state index contributed by atoms with van der Waals surface area (Å²) in [4.78, 5) is 0. The minimum absolute atomic E-state index is 0.114. The molecule has 0 amide bonds. The smallest absolute Gasteiger partial charge is 0.364 e. The van der Waals surface area contributed by atoms with E-state index in [2.05, 4.69) is 5.32 Å². The van der Waals surface area contributed by atoms with Gasteiger partial charge in [0.25, 0.3) is 5.17 Å². The molecule has 0 radical (unpaired) electrons. The average Bonchev–Trinajstić information content (AvgIpc) is 3.02. The van der Waals surface area contributed by atoms with Crippen LogP contribution in [0.3, 0.4) is 0 Å². The van der Waals surface area contributed by atoms with Crippen LogP contribution in [0.5, 0.6) is 0 Å². The van der Waals surface area contributed by atoms with Crippen molar-refractivity contribution in [2.45, 2.75) is 25.2 Å². The maximum atomic E-state index is 14.1. The third kappa shape index (κ3) is 3.53. The van der Waals surface area contributed by atoms with Crippen molar-refractivity contribution in [1.29, 1.82) is 0 Å². The zero-order valence-corrected chi connectivity index (χ0v) is 17.5. The molecule has 8 heteroatoms. The highest BCUT2D eigenvalue weighted by Gasteiger charge is 2.64. The third-order valence-corrected chi connectivity index (χ3v) is 7.54. The molecule has 1 N–H and O–H groups in total. The van der Waals surface area contributed by atoms with Crippen LogP contribution in [-0.2, 0) is 23.6 Å². The quantitative estimate of drug-likeness (QED) is 0.473. The highest BCUT2D eigenvalue weighted by Crippen LogP contribution is 2.70. The van der Waals surface area contributed by atoms with E-state index in [1.807, 2.05) is 48.5 Å². The summed E-state index contributed by atoms with van der Waals surface area (Å²) in [6.07, 6.45) is -0.787. The van der Waals surface area contributed by atoms with Gasteiger partial charge in [0.05, 0.1) is 13.2 Å². The molecule has 1 fully saturated rings. The van der Waals surface area contributed by atoms with Crippen LogP contribution in [0.1, 0.15) is 31.1 Å². The van der Waals surface area contributed by atoms with Gasteiger partial charge in [-0.05, 0) is 37.7 Å². The molecule has 0 bridgehead atoms. The number of rotatable bonds is 7. The minimum atomic E-state index is -3.78. The summed E-state index contributed by atoms with van der Waals surface area (Å²) >= 11 is 11.8. The van der Waals surface area contributed by atoms with Gasteiger partial charge in [-0.15, -0.1) is 0 Å². The van der Waals surface area contributed by atoms with E-state index in [9.17, 15) is 4.57 Å². The van der Waals surface area contributed by atoms with Gasteiger partial charge in [0, 0.05) is 10.6 Å². The fourth-order valence-electron chi connectivity index (χ4n) is 3.29. The molecule has 2 aromatic rings. The van der Waals surface area contributed by atoms with Gasteiger partial charge in [0.15, 0.2) is 6.10 Å². The molecule has 0 spiro atoms. The number of thiocarbonyl (C=S) groups is 1. The Hall–Kier alpha value is -1.43. The van der Waals surface area contributed by atoms with E-state index in [0.717, 1.165) is 0 Å². The van der Waals surface area contributed by atoms with Crippen molar-refractivity contribution < 1.29 is 18.3 Å². The molecular formula is C19H21ClNO4PS. The van der Waals surface area contributed by atoms with Crippen LogP contribution in [0, 0.1) is 0 Å². The molecule has 3 rings (SSSR count). The van der Waals surface area contributed by atoms with Crippen molar-refractivity contribution >= 4 is 36.6 Å². The second kappa shape index (κ2) is 8.29. The first-order valence-corrected chi connectivity index (χ1v) is 11.0. The number of ether oxygens (including phenoxy) is 1. The Bertz CT molecular complexity index is 856. The Kier molecular flexibility index (Phi) is 6.24. The molecular weight excluding hydrogens is 405 g/mol. The number of hydrogen-bond donors (Lipinski definition) is 1. The number of benzene rings is 2. The second-order valence-electron chi connectivity index (χ2n) is 5.90. The highest BCUT2D eigenvalue weighted by molar-refractivity contribution is 7.80. The van der Waals surface area contributed by atoms with Gasteiger partial charge in [-0.3, -0.25) is 4.57 Å². The Morgan fingerprint density at radius 2 is 1.70 bits per heavy atom. The van der Waals surface area contributed by atoms with Gasteiger partial charge < -0.3 is 19.1 Å². The topological polar surface area (TPSA) is 56.8 Å². The second-order valence-corrected chi connectivity index (χ2v) is 8.89. The van der Waals surface area contributed by atoms with Crippen LogP contribution >= 0.6 is 31.4 Å². The predicted molar refractivity (Wildman–Crippen MR) is 110 cm³/mol. The van der Waals surface area contributed by atoms with Gasteiger partial charge in [-0.25, -0.2) is 0 Å². The highest BCUT2D eigenvalue weighted by atomic mass is 35.5. The summed E-state index contributed by atoms with van der Waals surface area (Å²) < 4.78 is 31.5. The molecule has 2 atom stereocenters. The number of halogens is 1. The van der Waals surface area contributed by atoms with Crippen LogP contribution < -0.4 is 5.32 Å². The first-order valence-electron chi connectivity index (χ1n) is 8.66. The van der Waals surface area contributed by atoms with E-state index in [4.69, 9.17) is 37.6 Å². The maximum absolute atomic E-state index is 14.1. The normalized spacial score (nSPS) is 22.3. The van der Waals surface area contributed by atoms with Crippen molar-refractivity contribution in [3.8, 4) is 0 Å². The molecule has 1 heterocycles. The average molecular weight is 426 g/mol. The molecule has 0 saturated carbocycles. The summed E-state index contributed by atoms with van der Waals surface area (Å²) in [7, 11) is -3.78. The molecule has 144 valence electrons. The molecule has 0 aliphatic carbocycles. The van der Waals surface area contributed by atoms with Gasteiger partial charge in [0.1, 0.15) is 0 Å². The lowest BCUT2D eigenvalue weighted by Gasteiger charge is -2.38. The summed E-state index contributed by atoms with van der Waals surface area (Å²) in [5.74, 6) is 0. The molecule has 0 unspecified atom stereocenters. The van der Waals surface area contributed by atoms with Gasteiger partial charge in [-0.1, -0.05) is 60.1 Å². The molecule has 27 heavy (non-hydrogen) atoms. The van der Waals surface area contributed by atoms with E-state index in [-0.39, 0.29) is 18.4 Å². The van der Waals surface area contributed by atoms with Crippen LogP contribution in [0.25, 0.3) is 0 Å². The first kappa shape index (κ1) is 20.3. The van der Waals surface area contributed by atoms with E-state index in [0.29, 0.717) is 16.1 Å². The SMILES string of the molecule is CCOP(=O)(OCC)[C@@]1(c2ccccc2)NC(=S)O[C@@H]1c1ccccc1Cl. The first-order chi connectivity index (χ1) is 13.0. The van der Waals surface area contributed by atoms with Crippen LogP contribution in [0.15, 0.2) is 54.6 Å². The zero-order valence-electron chi connectivity index (χ0n) is 15.1. The summed E-state index contributed by atoms with van der Waals surface area (Å²) in [5.41, 5.74) is 1.33. The molecule has 1 saturated heterocycles. The van der Waals surface area contributed by atoms with Gasteiger partial charge >= 0.3 is 7.60 Å². The molecule has 1 aliphatic rings. The summed E-state index contributed by atoms with van der Waals surface area (Å²) in [6.45, 7) is 3.94. The largest absolute Gasteiger partial charge is 0.459 e. The summed E-state index contributed by atoms with van der Waals surface area (Å²) in [6, 6.07) is 16.5. The summed E-state index contributed by atoms with van der Waals surface area (Å²) in [5, 5.41) is 2.34. The third-order valence-electron chi connectivity index (χ3n) is 4.33. The Morgan fingerprint density at radius 1 is 1.11 bits per heavy atom. The zero-order chi connectivity index (χ0) is 19.5. The van der Waals surface area contributed by atoms with E-state index in [1.54, 1.807) is 19.9 Å². The van der Waals surface area contributed by atoms with E-state index in [1.165, 1.54) is 0 Å². The number of hydrogen-bond acceptors (Lipinski definition) is 5. The maximum Gasteiger partial charge on any atom is 0.364 e. The predicted octanol–water partition coefficient (Wildman–Crippen LogP) is 5.40. The Balaban J connectivity index is 2.30. The van der Waals surface area contributed by atoms with E-state index < -0.39 is 19.0 Å². The fourth-order valence-corrected chi connectivity index (χ4v) is 6.20. The van der Waals surface area contributed by atoms with E-state index >= 15 is 0 Å².